The SMILES string of the molecule is COc1ccc(-n2c(-c3ccc(N(C)C)cc3)nc3c2c(=O)n(C)c(=O)n3C)cc1OC. The first kappa shape index (κ1) is 21.2. The number of imidazole rings is 1. The normalized spacial score (nSPS) is 11.1. The van der Waals surface area contributed by atoms with E-state index in [1.807, 2.05) is 49.3 Å². The molecule has 2 heterocycles. The van der Waals surface area contributed by atoms with Crippen LogP contribution in [0, 0.1) is 0 Å². The van der Waals surface area contributed by atoms with Crippen LogP contribution in [0.4, 0.5) is 5.69 Å². The molecule has 0 spiro atoms. The van der Waals surface area contributed by atoms with Gasteiger partial charge in [0, 0.05) is 45.5 Å². The fraction of sp³-hybridized carbons (Fsp3) is 0.261. The lowest BCUT2D eigenvalue weighted by molar-refractivity contribution is 0.355. The summed E-state index contributed by atoms with van der Waals surface area (Å²) in [6.07, 6.45) is 0. The highest BCUT2D eigenvalue weighted by Gasteiger charge is 2.22. The molecule has 0 radical (unpaired) electrons. The monoisotopic (exact) mass is 435 g/mol. The fourth-order valence-electron chi connectivity index (χ4n) is 3.71. The quantitative estimate of drug-likeness (QED) is 0.478. The maximum atomic E-state index is 13.2. The number of hydrogen-bond acceptors (Lipinski definition) is 6. The molecule has 4 aromatic rings. The van der Waals surface area contributed by atoms with Gasteiger partial charge in [0.25, 0.3) is 5.56 Å². The van der Waals surface area contributed by atoms with E-state index in [0.717, 1.165) is 15.8 Å². The molecule has 4 rings (SSSR count). The molecule has 0 aliphatic carbocycles. The van der Waals surface area contributed by atoms with Crippen molar-refractivity contribution in [3.63, 3.8) is 0 Å². The van der Waals surface area contributed by atoms with Crippen molar-refractivity contribution >= 4 is 16.9 Å². The molecule has 9 heteroatoms. The molecule has 0 saturated heterocycles. The minimum Gasteiger partial charge on any atom is -0.493 e. The van der Waals surface area contributed by atoms with E-state index in [-0.39, 0.29) is 0 Å². The van der Waals surface area contributed by atoms with Crippen LogP contribution in [0.2, 0.25) is 0 Å². The van der Waals surface area contributed by atoms with Crippen LogP contribution in [0.1, 0.15) is 0 Å². The second kappa shape index (κ2) is 7.92. The Bertz CT molecular complexity index is 1430. The van der Waals surface area contributed by atoms with Crippen molar-refractivity contribution in [1.82, 2.24) is 18.7 Å². The molecule has 0 atom stereocenters. The smallest absolute Gasteiger partial charge is 0.332 e. The number of methoxy groups -OCH3 is 2. The minimum atomic E-state index is -0.436. The molecule has 0 amide bonds. The zero-order chi connectivity index (χ0) is 23.2. The van der Waals surface area contributed by atoms with Crippen LogP contribution < -0.4 is 25.6 Å². The van der Waals surface area contributed by atoms with Gasteiger partial charge in [0.2, 0.25) is 0 Å². The first-order valence-corrected chi connectivity index (χ1v) is 9.97. The molecule has 0 bridgehead atoms. The number of hydrogen-bond donors (Lipinski definition) is 0. The predicted molar refractivity (Wildman–Crippen MR) is 124 cm³/mol. The highest BCUT2D eigenvalue weighted by Crippen LogP contribution is 2.33. The van der Waals surface area contributed by atoms with Crippen molar-refractivity contribution in [1.29, 1.82) is 0 Å². The number of aryl methyl sites for hydroxylation is 1. The Kier molecular flexibility index (Phi) is 5.25. The van der Waals surface area contributed by atoms with Crippen molar-refractivity contribution in [2.45, 2.75) is 0 Å². The summed E-state index contributed by atoms with van der Waals surface area (Å²) in [5.41, 5.74) is 2.23. The van der Waals surface area contributed by atoms with Crippen molar-refractivity contribution in [3.8, 4) is 28.6 Å². The lowest BCUT2D eigenvalue weighted by Crippen LogP contribution is -2.37. The number of fused-ring (bicyclic) bond motifs is 1. The molecule has 2 aromatic heterocycles. The molecule has 9 nitrogen and oxygen atoms in total. The van der Waals surface area contributed by atoms with E-state index in [1.165, 1.54) is 11.6 Å². The summed E-state index contributed by atoms with van der Waals surface area (Å²) in [6.45, 7) is 0. The first-order valence-electron chi connectivity index (χ1n) is 9.97. The molecule has 0 fully saturated rings. The van der Waals surface area contributed by atoms with E-state index < -0.39 is 11.2 Å². The van der Waals surface area contributed by atoms with Crippen molar-refractivity contribution in [2.75, 3.05) is 33.2 Å². The highest BCUT2D eigenvalue weighted by atomic mass is 16.5. The van der Waals surface area contributed by atoms with Crippen molar-refractivity contribution in [2.24, 2.45) is 14.1 Å². The molecule has 0 aliphatic rings. The number of rotatable bonds is 5. The van der Waals surface area contributed by atoms with Crippen LogP contribution >= 0.6 is 0 Å². The molecule has 166 valence electrons. The molecule has 0 saturated carbocycles. The van der Waals surface area contributed by atoms with E-state index in [0.29, 0.717) is 34.2 Å². The first-order chi connectivity index (χ1) is 15.3. The molecule has 2 aromatic carbocycles. The second-order valence-corrected chi connectivity index (χ2v) is 7.63. The fourth-order valence-corrected chi connectivity index (χ4v) is 3.71. The van der Waals surface area contributed by atoms with Gasteiger partial charge in [-0.1, -0.05) is 0 Å². The third-order valence-electron chi connectivity index (χ3n) is 5.53. The lowest BCUT2D eigenvalue weighted by Gasteiger charge is -2.15. The van der Waals surface area contributed by atoms with E-state index in [2.05, 4.69) is 0 Å². The van der Waals surface area contributed by atoms with Crippen LogP contribution in [-0.2, 0) is 14.1 Å². The highest BCUT2D eigenvalue weighted by molar-refractivity contribution is 5.80. The maximum absolute atomic E-state index is 13.2. The van der Waals surface area contributed by atoms with Crippen molar-refractivity contribution < 1.29 is 9.47 Å². The van der Waals surface area contributed by atoms with Gasteiger partial charge in [-0.15, -0.1) is 0 Å². The average molecular weight is 435 g/mol. The van der Waals surface area contributed by atoms with Gasteiger partial charge < -0.3 is 14.4 Å². The summed E-state index contributed by atoms with van der Waals surface area (Å²) in [5.74, 6) is 1.62. The van der Waals surface area contributed by atoms with Crippen molar-refractivity contribution in [3.05, 3.63) is 63.3 Å². The third-order valence-corrected chi connectivity index (χ3v) is 5.53. The topological polar surface area (TPSA) is 83.5 Å². The zero-order valence-corrected chi connectivity index (χ0v) is 18.9. The zero-order valence-electron chi connectivity index (χ0n) is 18.9. The average Bonchev–Trinajstić information content (AvgIpc) is 3.21. The summed E-state index contributed by atoms with van der Waals surface area (Å²) in [5, 5.41) is 0. The Morgan fingerprint density at radius 2 is 1.53 bits per heavy atom. The van der Waals surface area contributed by atoms with Crippen LogP contribution in [0.3, 0.4) is 0 Å². The summed E-state index contributed by atoms with van der Waals surface area (Å²) >= 11 is 0. The number of anilines is 1. The van der Waals surface area contributed by atoms with Gasteiger partial charge in [-0.25, -0.2) is 9.78 Å². The van der Waals surface area contributed by atoms with Gasteiger partial charge >= 0.3 is 5.69 Å². The Morgan fingerprint density at radius 3 is 2.12 bits per heavy atom. The largest absolute Gasteiger partial charge is 0.493 e. The molecular weight excluding hydrogens is 410 g/mol. The van der Waals surface area contributed by atoms with Crippen LogP contribution in [0.15, 0.2) is 52.1 Å². The Morgan fingerprint density at radius 1 is 0.875 bits per heavy atom. The maximum Gasteiger partial charge on any atom is 0.332 e. The standard InChI is InChI=1S/C23H25N5O4/c1-25(2)15-9-7-14(8-10-15)20-24-21-19(22(29)27(4)23(30)26(21)3)28(20)16-11-12-17(31-5)18(13-16)32-6/h7-13H,1-6H3. The van der Waals surface area contributed by atoms with Gasteiger partial charge in [0.15, 0.2) is 22.7 Å². The number of ether oxygens (including phenoxy) is 2. The summed E-state index contributed by atoms with van der Waals surface area (Å²) in [6, 6.07) is 13.2. The minimum absolute atomic E-state index is 0.300. The third kappa shape index (κ3) is 3.22. The number of aromatic nitrogens is 4. The van der Waals surface area contributed by atoms with Gasteiger partial charge in [-0.05, 0) is 36.4 Å². The van der Waals surface area contributed by atoms with Crippen LogP contribution in [-0.4, -0.2) is 47.0 Å². The lowest BCUT2D eigenvalue weighted by atomic mass is 10.1. The Balaban J connectivity index is 2.11. The molecular formula is C23H25N5O4. The van der Waals surface area contributed by atoms with E-state index in [4.69, 9.17) is 14.5 Å². The van der Waals surface area contributed by atoms with Crippen LogP contribution in [0.5, 0.6) is 11.5 Å². The van der Waals surface area contributed by atoms with Crippen LogP contribution in [0.25, 0.3) is 28.2 Å². The van der Waals surface area contributed by atoms with E-state index in [1.54, 1.807) is 38.0 Å². The second-order valence-electron chi connectivity index (χ2n) is 7.63. The van der Waals surface area contributed by atoms with E-state index in [9.17, 15) is 9.59 Å². The molecule has 32 heavy (non-hydrogen) atoms. The van der Waals surface area contributed by atoms with Gasteiger partial charge in [0.1, 0.15) is 5.82 Å². The molecule has 0 aliphatic heterocycles. The number of benzene rings is 2. The Labute approximate surface area is 184 Å². The van der Waals surface area contributed by atoms with E-state index >= 15 is 0 Å². The molecule has 0 N–H and O–H groups in total. The predicted octanol–water partition coefficient (Wildman–Crippen LogP) is 2.17. The van der Waals surface area contributed by atoms with Gasteiger partial charge in [0.05, 0.1) is 19.9 Å². The van der Waals surface area contributed by atoms with Gasteiger partial charge in [-0.3, -0.25) is 18.5 Å². The summed E-state index contributed by atoms with van der Waals surface area (Å²) in [7, 11) is 10.1. The number of nitrogens with zero attached hydrogens (tertiary/aromatic N) is 5. The Hall–Kier alpha value is -4.01. The van der Waals surface area contributed by atoms with Gasteiger partial charge in [-0.2, -0.15) is 0 Å². The molecule has 0 unspecified atom stereocenters. The summed E-state index contributed by atoms with van der Waals surface area (Å²) < 4.78 is 15.0. The summed E-state index contributed by atoms with van der Waals surface area (Å²) in [4.78, 5) is 32.4.